The number of hydrogen-bond donors (Lipinski definition) is 2. The zero-order valence-electron chi connectivity index (χ0n) is 11.2. The topological polar surface area (TPSA) is 74.6 Å². The minimum absolute atomic E-state index is 0.337. The molecule has 0 spiro atoms. The first kappa shape index (κ1) is 16.5. The predicted molar refractivity (Wildman–Crippen MR) is 70.8 cm³/mol. The standard InChI is InChI=1S/C15H8F4O4/c16-12-2-1-7(13(20)21)6-11(12)8-3-9(14(22)23)5-10(4-8)15(17,18)19/h1-6H,(H,20,21)(H,22,23). The van der Waals surface area contributed by atoms with Crippen LogP contribution in [0.3, 0.4) is 0 Å². The van der Waals surface area contributed by atoms with Crippen molar-refractivity contribution in [1.29, 1.82) is 0 Å². The fraction of sp³-hybridized carbons (Fsp3) is 0.0667. The molecular weight excluding hydrogens is 320 g/mol. The molecule has 4 nitrogen and oxygen atoms in total. The lowest BCUT2D eigenvalue weighted by Gasteiger charge is -2.12. The highest BCUT2D eigenvalue weighted by atomic mass is 19.4. The van der Waals surface area contributed by atoms with Crippen LogP contribution in [0.4, 0.5) is 17.6 Å². The van der Waals surface area contributed by atoms with E-state index < -0.39 is 40.6 Å². The lowest BCUT2D eigenvalue weighted by Crippen LogP contribution is -2.08. The van der Waals surface area contributed by atoms with Crippen LogP contribution in [0.2, 0.25) is 0 Å². The van der Waals surface area contributed by atoms with E-state index in [0.29, 0.717) is 12.1 Å². The SMILES string of the molecule is O=C(O)c1cc(-c2cc(C(=O)O)ccc2F)cc(C(F)(F)F)c1. The number of hydrogen-bond acceptors (Lipinski definition) is 2. The van der Waals surface area contributed by atoms with Crippen LogP contribution in [-0.4, -0.2) is 22.2 Å². The second-order valence-electron chi connectivity index (χ2n) is 4.60. The first-order chi connectivity index (χ1) is 10.6. The van der Waals surface area contributed by atoms with E-state index in [-0.39, 0.29) is 11.1 Å². The Morgan fingerprint density at radius 3 is 2.00 bits per heavy atom. The number of benzene rings is 2. The van der Waals surface area contributed by atoms with Crippen LogP contribution >= 0.6 is 0 Å². The molecule has 0 saturated heterocycles. The van der Waals surface area contributed by atoms with Crippen LogP contribution < -0.4 is 0 Å². The molecule has 0 aliphatic carbocycles. The van der Waals surface area contributed by atoms with Gasteiger partial charge in [-0.1, -0.05) is 0 Å². The van der Waals surface area contributed by atoms with Crippen LogP contribution in [0, 0.1) is 5.82 Å². The average molecular weight is 328 g/mol. The normalized spacial score (nSPS) is 11.3. The fourth-order valence-electron chi connectivity index (χ4n) is 1.95. The summed E-state index contributed by atoms with van der Waals surface area (Å²) in [6.07, 6.45) is -4.83. The number of aromatic carboxylic acids is 2. The summed E-state index contributed by atoms with van der Waals surface area (Å²) < 4.78 is 52.4. The molecule has 0 bridgehead atoms. The molecule has 2 rings (SSSR count). The number of carbonyl (C=O) groups is 2. The van der Waals surface area contributed by atoms with Gasteiger partial charge in [0.15, 0.2) is 0 Å². The molecular formula is C15H8F4O4. The molecule has 0 fully saturated rings. The van der Waals surface area contributed by atoms with Crippen LogP contribution in [0.25, 0.3) is 11.1 Å². The van der Waals surface area contributed by atoms with E-state index in [2.05, 4.69) is 0 Å². The van der Waals surface area contributed by atoms with E-state index in [9.17, 15) is 27.2 Å². The maximum atomic E-state index is 13.9. The molecule has 0 heterocycles. The van der Waals surface area contributed by atoms with Gasteiger partial charge in [-0.3, -0.25) is 0 Å². The van der Waals surface area contributed by atoms with Crippen molar-refractivity contribution >= 4 is 11.9 Å². The van der Waals surface area contributed by atoms with Crippen molar-refractivity contribution in [1.82, 2.24) is 0 Å². The summed E-state index contributed by atoms with van der Waals surface area (Å²) in [6.45, 7) is 0. The van der Waals surface area contributed by atoms with Crippen molar-refractivity contribution in [2.24, 2.45) is 0 Å². The third kappa shape index (κ3) is 3.47. The van der Waals surface area contributed by atoms with Crippen LogP contribution in [0.5, 0.6) is 0 Å². The minimum Gasteiger partial charge on any atom is -0.478 e. The Morgan fingerprint density at radius 1 is 0.870 bits per heavy atom. The largest absolute Gasteiger partial charge is 0.478 e. The molecule has 23 heavy (non-hydrogen) atoms. The summed E-state index contributed by atoms with van der Waals surface area (Å²) in [7, 11) is 0. The Hall–Kier alpha value is -2.90. The van der Waals surface area contributed by atoms with Gasteiger partial charge in [-0.2, -0.15) is 13.2 Å². The molecule has 0 aliphatic heterocycles. The quantitative estimate of drug-likeness (QED) is 0.838. The average Bonchev–Trinajstić information content (AvgIpc) is 2.46. The first-order valence-electron chi connectivity index (χ1n) is 6.08. The third-order valence-corrected chi connectivity index (χ3v) is 3.03. The molecule has 2 N–H and O–H groups in total. The zero-order chi connectivity index (χ0) is 17.4. The molecule has 0 aromatic heterocycles. The van der Waals surface area contributed by atoms with Gasteiger partial charge in [0.25, 0.3) is 0 Å². The molecule has 2 aromatic carbocycles. The van der Waals surface area contributed by atoms with E-state index in [1.54, 1.807) is 0 Å². The molecule has 0 aliphatic rings. The van der Waals surface area contributed by atoms with Crippen molar-refractivity contribution in [2.45, 2.75) is 6.18 Å². The highest BCUT2D eigenvalue weighted by Crippen LogP contribution is 2.34. The van der Waals surface area contributed by atoms with E-state index in [1.165, 1.54) is 0 Å². The second-order valence-corrected chi connectivity index (χ2v) is 4.60. The number of rotatable bonds is 3. The molecule has 0 unspecified atom stereocenters. The highest BCUT2D eigenvalue weighted by Gasteiger charge is 2.32. The molecule has 0 saturated carbocycles. The van der Waals surface area contributed by atoms with Gasteiger partial charge in [-0.25, -0.2) is 14.0 Å². The Morgan fingerprint density at radius 2 is 1.48 bits per heavy atom. The molecule has 0 atom stereocenters. The van der Waals surface area contributed by atoms with Crippen molar-refractivity contribution in [3.8, 4) is 11.1 Å². The second kappa shape index (κ2) is 5.71. The van der Waals surface area contributed by atoms with Gasteiger partial charge < -0.3 is 10.2 Å². The van der Waals surface area contributed by atoms with Crippen LogP contribution in [-0.2, 0) is 6.18 Å². The summed E-state index contributed by atoms with van der Waals surface area (Å²) in [5.74, 6) is -3.98. The summed E-state index contributed by atoms with van der Waals surface area (Å²) in [5, 5.41) is 17.8. The first-order valence-corrected chi connectivity index (χ1v) is 6.08. The Kier molecular flexibility index (Phi) is 4.09. The van der Waals surface area contributed by atoms with Crippen LogP contribution in [0.15, 0.2) is 36.4 Å². The van der Waals surface area contributed by atoms with Crippen molar-refractivity contribution < 1.29 is 37.4 Å². The number of halogens is 4. The summed E-state index contributed by atoms with van der Waals surface area (Å²) in [6, 6.07) is 4.42. The van der Waals surface area contributed by atoms with E-state index in [0.717, 1.165) is 24.3 Å². The van der Waals surface area contributed by atoms with Gasteiger partial charge in [0, 0.05) is 5.56 Å². The fourth-order valence-corrected chi connectivity index (χ4v) is 1.95. The third-order valence-electron chi connectivity index (χ3n) is 3.03. The Balaban J connectivity index is 2.72. The highest BCUT2D eigenvalue weighted by molar-refractivity contribution is 5.92. The van der Waals surface area contributed by atoms with Gasteiger partial charge in [0.2, 0.25) is 0 Å². The van der Waals surface area contributed by atoms with Crippen molar-refractivity contribution in [2.75, 3.05) is 0 Å². The maximum Gasteiger partial charge on any atom is 0.416 e. The summed E-state index contributed by atoms with van der Waals surface area (Å²) >= 11 is 0. The van der Waals surface area contributed by atoms with Crippen molar-refractivity contribution in [3.05, 3.63) is 58.9 Å². The molecule has 0 radical (unpaired) electrons. The van der Waals surface area contributed by atoms with Crippen molar-refractivity contribution in [3.63, 3.8) is 0 Å². The van der Waals surface area contributed by atoms with Gasteiger partial charge in [-0.15, -0.1) is 0 Å². The van der Waals surface area contributed by atoms with E-state index in [4.69, 9.17) is 10.2 Å². The van der Waals surface area contributed by atoms with Crippen LogP contribution in [0.1, 0.15) is 26.3 Å². The lowest BCUT2D eigenvalue weighted by molar-refractivity contribution is -0.137. The number of carboxylic acids is 2. The summed E-state index contributed by atoms with van der Waals surface area (Å²) in [5.41, 5.74) is -3.10. The minimum atomic E-state index is -4.83. The number of carboxylic acid groups (broad SMARTS) is 2. The molecule has 8 heteroatoms. The summed E-state index contributed by atoms with van der Waals surface area (Å²) in [4.78, 5) is 21.9. The van der Waals surface area contributed by atoms with Gasteiger partial charge in [-0.05, 0) is 42.0 Å². The molecule has 120 valence electrons. The Bertz CT molecular complexity index is 797. The van der Waals surface area contributed by atoms with Gasteiger partial charge in [0.05, 0.1) is 16.7 Å². The zero-order valence-corrected chi connectivity index (χ0v) is 11.2. The van der Waals surface area contributed by atoms with E-state index in [1.807, 2.05) is 0 Å². The predicted octanol–water partition coefficient (Wildman–Crippen LogP) is 3.91. The van der Waals surface area contributed by atoms with Gasteiger partial charge >= 0.3 is 18.1 Å². The monoisotopic (exact) mass is 328 g/mol. The van der Waals surface area contributed by atoms with E-state index >= 15 is 0 Å². The smallest absolute Gasteiger partial charge is 0.416 e. The lowest BCUT2D eigenvalue weighted by atomic mass is 9.97. The van der Waals surface area contributed by atoms with Gasteiger partial charge in [0.1, 0.15) is 5.82 Å². The molecule has 2 aromatic rings. The molecule has 0 amide bonds. The maximum absolute atomic E-state index is 13.9. The number of alkyl halides is 3. The Labute approximate surface area is 126 Å².